The van der Waals surface area contributed by atoms with Crippen LogP contribution in [-0.2, 0) is 0 Å². The maximum absolute atomic E-state index is 12.3. The van der Waals surface area contributed by atoms with Gasteiger partial charge in [-0.25, -0.2) is 4.98 Å². The predicted octanol–water partition coefficient (Wildman–Crippen LogP) is 2.67. The Bertz CT molecular complexity index is 948. The van der Waals surface area contributed by atoms with Crippen molar-refractivity contribution in [2.75, 3.05) is 13.2 Å². The maximum atomic E-state index is 12.3. The molecule has 3 rings (SSSR count). The Morgan fingerprint density at radius 3 is 2.84 bits per heavy atom. The Morgan fingerprint density at radius 1 is 1.20 bits per heavy atom. The second-order valence-electron chi connectivity index (χ2n) is 5.56. The summed E-state index contributed by atoms with van der Waals surface area (Å²) in [4.78, 5) is 16.9. The Kier molecular flexibility index (Phi) is 5.65. The summed E-state index contributed by atoms with van der Waals surface area (Å²) < 4.78 is 13.4. The van der Waals surface area contributed by atoms with Gasteiger partial charge < -0.3 is 9.47 Å². The van der Waals surface area contributed by atoms with Crippen LogP contribution >= 0.6 is 11.3 Å². The molecule has 0 N–H and O–H groups in total. The van der Waals surface area contributed by atoms with E-state index in [1.165, 1.54) is 22.2 Å². The van der Waals surface area contributed by atoms with Gasteiger partial charge in [-0.1, -0.05) is 37.2 Å². The lowest BCUT2D eigenvalue weighted by molar-refractivity contribution is 0.271. The molecule has 7 heteroatoms. The lowest BCUT2D eigenvalue weighted by atomic mass is 10.2. The largest absolute Gasteiger partial charge is 0.490 e. The minimum absolute atomic E-state index is 0.157. The number of unbranched alkanes of at least 4 members (excludes halogenated alkanes) is 2. The number of aromatic nitrogens is 3. The first-order chi connectivity index (χ1) is 12.2. The quantitative estimate of drug-likeness (QED) is 0.579. The molecule has 25 heavy (non-hydrogen) atoms. The van der Waals surface area contributed by atoms with Crippen LogP contribution in [0.2, 0.25) is 0 Å². The fourth-order valence-corrected chi connectivity index (χ4v) is 3.35. The Labute approximate surface area is 149 Å². The summed E-state index contributed by atoms with van der Waals surface area (Å²) in [6, 6.07) is 5.71. The van der Waals surface area contributed by atoms with Gasteiger partial charge in [0, 0.05) is 0 Å². The third-order valence-electron chi connectivity index (χ3n) is 3.69. The van der Waals surface area contributed by atoms with Gasteiger partial charge in [-0.3, -0.25) is 4.79 Å². The molecule has 0 saturated carbocycles. The zero-order valence-electron chi connectivity index (χ0n) is 14.4. The van der Waals surface area contributed by atoms with Crippen molar-refractivity contribution in [1.29, 1.82) is 0 Å². The number of ether oxygens (including phenoxy) is 2. The van der Waals surface area contributed by atoms with Gasteiger partial charge in [0.05, 0.1) is 17.7 Å². The number of nitrogens with zero attached hydrogens (tertiary/aromatic N) is 3. The minimum Gasteiger partial charge on any atom is -0.490 e. The molecule has 0 aliphatic carbocycles. The normalized spacial score (nSPS) is 12.0. The van der Waals surface area contributed by atoms with E-state index in [1.54, 1.807) is 0 Å². The van der Waals surface area contributed by atoms with Crippen molar-refractivity contribution in [3.05, 3.63) is 45.0 Å². The highest BCUT2D eigenvalue weighted by molar-refractivity contribution is 7.15. The van der Waals surface area contributed by atoms with Crippen LogP contribution in [0.3, 0.4) is 0 Å². The number of hydrogen-bond acceptors (Lipinski definition) is 6. The molecule has 0 unspecified atom stereocenters. The van der Waals surface area contributed by atoms with E-state index in [0.29, 0.717) is 28.5 Å². The van der Waals surface area contributed by atoms with E-state index in [9.17, 15) is 4.79 Å². The van der Waals surface area contributed by atoms with E-state index in [1.807, 2.05) is 31.2 Å². The zero-order valence-corrected chi connectivity index (χ0v) is 15.2. The molecule has 0 saturated heterocycles. The molecule has 0 amide bonds. The topological polar surface area (TPSA) is 65.7 Å². The van der Waals surface area contributed by atoms with Crippen LogP contribution in [-0.4, -0.2) is 27.8 Å². The van der Waals surface area contributed by atoms with Crippen molar-refractivity contribution < 1.29 is 9.47 Å². The number of fused-ring (bicyclic) bond motifs is 1. The van der Waals surface area contributed by atoms with Crippen LogP contribution in [0.25, 0.3) is 11.0 Å². The standard InChI is InChI=1S/C18H21N3O3S/c1-3-5-6-9-24-14-8-7-13(10-15(14)23-4-2)11-16-17(22)21-18(25-16)19-12-20-21/h7-8,10-12H,3-6,9H2,1-2H3/b16-11-. The van der Waals surface area contributed by atoms with Crippen LogP contribution in [0, 0.1) is 0 Å². The first-order valence-electron chi connectivity index (χ1n) is 8.46. The van der Waals surface area contributed by atoms with Gasteiger partial charge in [0.1, 0.15) is 6.33 Å². The van der Waals surface area contributed by atoms with Crippen molar-refractivity contribution in [3.8, 4) is 11.5 Å². The fraction of sp³-hybridized carbons (Fsp3) is 0.389. The highest BCUT2D eigenvalue weighted by Gasteiger charge is 2.08. The first kappa shape index (κ1) is 17.4. The van der Waals surface area contributed by atoms with Gasteiger partial charge in [0.2, 0.25) is 4.96 Å². The summed E-state index contributed by atoms with van der Waals surface area (Å²) in [5.74, 6) is 1.43. The van der Waals surface area contributed by atoms with E-state index < -0.39 is 0 Å². The molecule has 6 nitrogen and oxygen atoms in total. The number of rotatable bonds is 8. The number of thiazole rings is 1. The van der Waals surface area contributed by atoms with Gasteiger partial charge in [0.25, 0.3) is 5.56 Å². The summed E-state index contributed by atoms with van der Waals surface area (Å²) in [7, 11) is 0. The highest BCUT2D eigenvalue weighted by Crippen LogP contribution is 2.29. The Balaban J connectivity index is 1.88. The molecule has 3 aromatic rings. The summed E-state index contributed by atoms with van der Waals surface area (Å²) in [5, 5.41) is 3.93. The summed E-state index contributed by atoms with van der Waals surface area (Å²) >= 11 is 1.32. The molecule has 0 atom stereocenters. The highest BCUT2D eigenvalue weighted by atomic mass is 32.1. The summed E-state index contributed by atoms with van der Waals surface area (Å²) in [6.45, 7) is 5.33. The molecular weight excluding hydrogens is 338 g/mol. The van der Waals surface area contributed by atoms with Gasteiger partial charge in [-0.2, -0.15) is 9.61 Å². The fourth-order valence-electron chi connectivity index (χ4n) is 2.46. The van der Waals surface area contributed by atoms with Crippen molar-refractivity contribution >= 4 is 22.4 Å². The molecule has 1 aromatic carbocycles. The SMILES string of the molecule is CCCCCOc1ccc(/C=c2\sc3ncnn3c2=O)cc1OCC. The molecule has 2 heterocycles. The maximum Gasteiger partial charge on any atom is 0.291 e. The first-order valence-corrected chi connectivity index (χ1v) is 9.28. The van der Waals surface area contributed by atoms with Crippen molar-refractivity contribution in [2.45, 2.75) is 33.1 Å². The third kappa shape index (κ3) is 3.99. The average Bonchev–Trinajstić information content (AvgIpc) is 3.17. The molecule has 0 spiro atoms. The van der Waals surface area contributed by atoms with Crippen LogP contribution in [0.1, 0.15) is 38.7 Å². The predicted molar refractivity (Wildman–Crippen MR) is 98.6 cm³/mol. The van der Waals surface area contributed by atoms with E-state index in [2.05, 4.69) is 17.0 Å². The van der Waals surface area contributed by atoms with Gasteiger partial charge >= 0.3 is 0 Å². The minimum atomic E-state index is -0.157. The van der Waals surface area contributed by atoms with Gasteiger partial charge in [-0.15, -0.1) is 0 Å². The van der Waals surface area contributed by atoms with Gasteiger partial charge in [-0.05, 0) is 37.1 Å². The van der Waals surface area contributed by atoms with Crippen molar-refractivity contribution in [3.63, 3.8) is 0 Å². The van der Waals surface area contributed by atoms with E-state index >= 15 is 0 Å². The van der Waals surface area contributed by atoms with Crippen LogP contribution in [0.4, 0.5) is 0 Å². The van der Waals surface area contributed by atoms with Gasteiger partial charge in [0.15, 0.2) is 11.5 Å². The molecular formula is C18H21N3O3S. The lowest BCUT2D eigenvalue weighted by Crippen LogP contribution is -2.23. The van der Waals surface area contributed by atoms with Crippen molar-refractivity contribution in [2.24, 2.45) is 0 Å². The molecule has 0 fully saturated rings. The smallest absolute Gasteiger partial charge is 0.291 e. The zero-order chi connectivity index (χ0) is 17.6. The Hall–Kier alpha value is -2.41. The molecule has 0 aliphatic heterocycles. The van der Waals surface area contributed by atoms with E-state index in [4.69, 9.17) is 9.47 Å². The van der Waals surface area contributed by atoms with Crippen LogP contribution < -0.4 is 19.6 Å². The second-order valence-corrected chi connectivity index (χ2v) is 6.57. The van der Waals surface area contributed by atoms with Crippen LogP contribution in [0.15, 0.2) is 29.3 Å². The summed E-state index contributed by atoms with van der Waals surface area (Å²) in [6.07, 6.45) is 6.54. The average molecular weight is 359 g/mol. The summed E-state index contributed by atoms with van der Waals surface area (Å²) in [5.41, 5.74) is 0.723. The molecule has 0 aliphatic rings. The molecule has 132 valence electrons. The van der Waals surface area contributed by atoms with Crippen LogP contribution in [0.5, 0.6) is 11.5 Å². The van der Waals surface area contributed by atoms with E-state index in [0.717, 1.165) is 30.6 Å². The number of benzene rings is 1. The number of hydrogen-bond donors (Lipinski definition) is 0. The molecule has 0 radical (unpaired) electrons. The lowest BCUT2D eigenvalue weighted by Gasteiger charge is -2.12. The van der Waals surface area contributed by atoms with E-state index in [-0.39, 0.29) is 5.56 Å². The molecule has 0 bridgehead atoms. The molecule has 2 aromatic heterocycles. The monoisotopic (exact) mass is 359 g/mol. The third-order valence-corrected chi connectivity index (χ3v) is 4.67. The second kappa shape index (κ2) is 8.11. The Morgan fingerprint density at radius 2 is 2.08 bits per heavy atom. The van der Waals surface area contributed by atoms with Crippen molar-refractivity contribution in [1.82, 2.24) is 14.6 Å².